The van der Waals surface area contributed by atoms with Crippen LogP contribution in [0.5, 0.6) is 5.75 Å². The van der Waals surface area contributed by atoms with Crippen molar-refractivity contribution in [3.8, 4) is 5.75 Å². The number of rotatable bonds is 3. The van der Waals surface area contributed by atoms with E-state index < -0.39 is 0 Å². The van der Waals surface area contributed by atoms with Crippen LogP contribution >= 0.6 is 0 Å². The van der Waals surface area contributed by atoms with Crippen molar-refractivity contribution in [2.75, 3.05) is 19.5 Å². The molecule has 0 unspecified atom stereocenters. The molecule has 1 rings (SSSR count). The molecule has 0 bridgehead atoms. The van der Waals surface area contributed by atoms with E-state index in [0.29, 0.717) is 11.3 Å². The molecule has 0 saturated carbocycles. The van der Waals surface area contributed by atoms with E-state index in [1.807, 2.05) is 20.8 Å². The second kappa shape index (κ2) is 5.08. The molecule has 0 aliphatic heterocycles. The van der Waals surface area contributed by atoms with Crippen molar-refractivity contribution >= 4 is 11.7 Å². The van der Waals surface area contributed by atoms with Crippen LogP contribution in [0.25, 0.3) is 0 Å². The molecule has 0 fully saturated rings. The van der Waals surface area contributed by atoms with Gasteiger partial charge in [0, 0.05) is 5.54 Å². The second-order valence-electron chi connectivity index (χ2n) is 4.78. The number of nitrogens with one attached hydrogen (secondary N) is 1. The van der Waals surface area contributed by atoms with E-state index in [9.17, 15) is 4.79 Å². The predicted octanol–water partition coefficient (Wildman–Crippen LogP) is 2.69. The molecule has 0 saturated heterocycles. The highest BCUT2D eigenvalue weighted by atomic mass is 16.5. The Kier molecular flexibility index (Phi) is 3.99. The number of ether oxygens (including phenoxy) is 2. The summed E-state index contributed by atoms with van der Waals surface area (Å²) in [5.74, 6) is 0.345. The van der Waals surface area contributed by atoms with E-state index in [1.54, 1.807) is 25.3 Å². The van der Waals surface area contributed by atoms with Gasteiger partial charge in [0.1, 0.15) is 5.75 Å². The fraction of sp³-hybridized carbons (Fsp3) is 0.462. The Morgan fingerprint density at radius 3 is 2.35 bits per heavy atom. The average molecular weight is 237 g/mol. The summed E-state index contributed by atoms with van der Waals surface area (Å²) in [5.41, 5.74) is 1.17. The maximum atomic E-state index is 11.4. The molecule has 1 N–H and O–H groups in total. The van der Waals surface area contributed by atoms with Crippen LogP contribution in [-0.2, 0) is 4.74 Å². The van der Waals surface area contributed by atoms with E-state index >= 15 is 0 Å². The van der Waals surface area contributed by atoms with Crippen molar-refractivity contribution in [1.82, 2.24) is 0 Å². The Balaban J connectivity index is 3.11. The van der Waals surface area contributed by atoms with Crippen LogP contribution < -0.4 is 10.1 Å². The lowest BCUT2D eigenvalue weighted by Crippen LogP contribution is -2.26. The van der Waals surface area contributed by atoms with Crippen LogP contribution in [0.3, 0.4) is 0 Å². The molecule has 0 atom stereocenters. The highest BCUT2D eigenvalue weighted by Crippen LogP contribution is 2.28. The zero-order valence-electron chi connectivity index (χ0n) is 11.0. The van der Waals surface area contributed by atoms with Crippen LogP contribution in [0.4, 0.5) is 5.69 Å². The lowest BCUT2D eigenvalue weighted by Gasteiger charge is -2.24. The normalized spacial score (nSPS) is 10.9. The van der Waals surface area contributed by atoms with Crippen LogP contribution in [0, 0.1) is 0 Å². The molecular formula is C13H19NO3. The first-order chi connectivity index (χ1) is 7.87. The average Bonchev–Trinajstić information content (AvgIpc) is 2.25. The van der Waals surface area contributed by atoms with Gasteiger partial charge in [-0.3, -0.25) is 0 Å². The Hall–Kier alpha value is -1.71. The van der Waals surface area contributed by atoms with Crippen molar-refractivity contribution < 1.29 is 14.3 Å². The van der Waals surface area contributed by atoms with Crippen molar-refractivity contribution in [2.24, 2.45) is 0 Å². The summed E-state index contributed by atoms with van der Waals surface area (Å²) in [4.78, 5) is 11.4. The lowest BCUT2D eigenvalue weighted by atomic mass is 10.1. The van der Waals surface area contributed by atoms with Crippen molar-refractivity contribution in [3.63, 3.8) is 0 Å². The van der Waals surface area contributed by atoms with Gasteiger partial charge in [-0.2, -0.15) is 0 Å². The summed E-state index contributed by atoms with van der Waals surface area (Å²) >= 11 is 0. The summed E-state index contributed by atoms with van der Waals surface area (Å²) < 4.78 is 9.93. The molecule has 0 aromatic heterocycles. The predicted molar refractivity (Wildman–Crippen MR) is 67.7 cm³/mol. The third kappa shape index (κ3) is 3.66. The molecule has 0 radical (unpaired) electrons. The largest absolute Gasteiger partial charge is 0.495 e. The number of hydrogen-bond donors (Lipinski definition) is 1. The summed E-state index contributed by atoms with van der Waals surface area (Å²) in [6.45, 7) is 6.12. The smallest absolute Gasteiger partial charge is 0.337 e. The van der Waals surface area contributed by atoms with Gasteiger partial charge in [0.25, 0.3) is 0 Å². The lowest BCUT2D eigenvalue weighted by molar-refractivity contribution is 0.0600. The highest BCUT2D eigenvalue weighted by Gasteiger charge is 2.15. The second-order valence-corrected chi connectivity index (χ2v) is 4.78. The number of benzene rings is 1. The van der Waals surface area contributed by atoms with Crippen LogP contribution in [-0.4, -0.2) is 25.7 Å². The van der Waals surface area contributed by atoms with Gasteiger partial charge >= 0.3 is 5.97 Å². The van der Waals surface area contributed by atoms with Gasteiger partial charge in [-0.25, -0.2) is 4.79 Å². The van der Waals surface area contributed by atoms with Gasteiger partial charge in [-0.1, -0.05) is 0 Å². The standard InChI is InChI=1S/C13H19NO3/c1-13(2,3)14-10-8-9(12(15)17-5)6-7-11(10)16-4/h6-8,14H,1-5H3. The van der Waals surface area contributed by atoms with Gasteiger partial charge in [-0.15, -0.1) is 0 Å². The zero-order valence-corrected chi connectivity index (χ0v) is 11.0. The van der Waals surface area contributed by atoms with E-state index in [4.69, 9.17) is 4.74 Å². The molecule has 17 heavy (non-hydrogen) atoms. The summed E-state index contributed by atoms with van der Waals surface area (Å²) in [5, 5.41) is 3.29. The Bertz CT molecular complexity index is 408. The van der Waals surface area contributed by atoms with E-state index in [0.717, 1.165) is 5.69 Å². The first kappa shape index (κ1) is 13.4. The summed E-state index contributed by atoms with van der Waals surface area (Å²) in [6.07, 6.45) is 0. The number of carbonyl (C=O) groups is 1. The third-order valence-corrected chi connectivity index (χ3v) is 2.13. The topological polar surface area (TPSA) is 47.6 Å². The first-order valence-electron chi connectivity index (χ1n) is 5.42. The van der Waals surface area contributed by atoms with Crippen molar-refractivity contribution in [3.05, 3.63) is 23.8 Å². The minimum Gasteiger partial charge on any atom is -0.495 e. The Morgan fingerprint density at radius 2 is 1.88 bits per heavy atom. The SMILES string of the molecule is COC(=O)c1ccc(OC)c(NC(C)(C)C)c1. The molecule has 0 heterocycles. The van der Waals surface area contributed by atoms with Gasteiger partial charge in [-0.05, 0) is 39.0 Å². The van der Waals surface area contributed by atoms with Gasteiger partial charge in [0.2, 0.25) is 0 Å². The first-order valence-corrected chi connectivity index (χ1v) is 5.42. The molecular weight excluding hydrogens is 218 g/mol. The number of carbonyl (C=O) groups excluding carboxylic acids is 1. The molecule has 1 aromatic carbocycles. The molecule has 0 aliphatic rings. The van der Waals surface area contributed by atoms with Crippen LogP contribution in [0.2, 0.25) is 0 Å². The maximum absolute atomic E-state index is 11.4. The third-order valence-electron chi connectivity index (χ3n) is 2.13. The summed E-state index contributed by atoms with van der Waals surface area (Å²) in [7, 11) is 2.96. The monoisotopic (exact) mass is 237 g/mol. The van der Waals surface area contributed by atoms with Gasteiger partial charge in [0.05, 0.1) is 25.5 Å². The highest BCUT2D eigenvalue weighted by molar-refractivity contribution is 5.91. The number of esters is 1. The molecule has 4 nitrogen and oxygen atoms in total. The molecule has 94 valence electrons. The Labute approximate surface area is 102 Å². The minimum atomic E-state index is -0.357. The number of methoxy groups -OCH3 is 2. The molecule has 0 aliphatic carbocycles. The van der Waals surface area contributed by atoms with Crippen LogP contribution in [0.1, 0.15) is 31.1 Å². The molecule has 1 aromatic rings. The van der Waals surface area contributed by atoms with E-state index in [-0.39, 0.29) is 11.5 Å². The quantitative estimate of drug-likeness (QED) is 0.821. The van der Waals surface area contributed by atoms with E-state index in [1.165, 1.54) is 7.11 Å². The van der Waals surface area contributed by atoms with Crippen LogP contribution in [0.15, 0.2) is 18.2 Å². The zero-order chi connectivity index (χ0) is 13.1. The minimum absolute atomic E-state index is 0.109. The van der Waals surface area contributed by atoms with Crippen molar-refractivity contribution in [2.45, 2.75) is 26.3 Å². The summed E-state index contributed by atoms with van der Waals surface area (Å²) in [6, 6.07) is 5.16. The van der Waals surface area contributed by atoms with Crippen molar-refractivity contribution in [1.29, 1.82) is 0 Å². The van der Waals surface area contributed by atoms with Gasteiger partial charge in [0.15, 0.2) is 0 Å². The van der Waals surface area contributed by atoms with E-state index in [2.05, 4.69) is 10.1 Å². The fourth-order valence-corrected chi connectivity index (χ4v) is 1.45. The van der Waals surface area contributed by atoms with Gasteiger partial charge < -0.3 is 14.8 Å². The number of anilines is 1. The molecule has 0 spiro atoms. The maximum Gasteiger partial charge on any atom is 0.337 e. The fourth-order valence-electron chi connectivity index (χ4n) is 1.45. The molecule has 0 amide bonds. The Morgan fingerprint density at radius 1 is 1.24 bits per heavy atom. The molecule has 4 heteroatoms. The number of hydrogen-bond acceptors (Lipinski definition) is 4.